The molecule has 0 bridgehead atoms. The first kappa shape index (κ1) is 18.8. The zero-order valence-corrected chi connectivity index (χ0v) is 15.1. The van der Waals surface area contributed by atoms with E-state index in [1.807, 2.05) is 6.92 Å². The van der Waals surface area contributed by atoms with E-state index in [0.717, 1.165) is 18.4 Å². The number of aromatic hydroxyl groups is 1. The number of aryl methyl sites for hydroxylation is 1. The molecular weight excluding hydrogens is 350 g/mol. The average molecular weight is 373 g/mol. The van der Waals surface area contributed by atoms with Gasteiger partial charge in [0.25, 0.3) is 11.8 Å². The van der Waals surface area contributed by atoms with Crippen LogP contribution < -0.4 is 5.32 Å². The number of phenols is 1. The molecule has 1 aromatic heterocycles. The molecule has 9 nitrogen and oxygen atoms in total. The van der Waals surface area contributed by atoms with E-state index in [-0.39, 0.29) is 36.5 Å². The molecule has 27 heavy (non-hydrogen) atoms. The number of carbonyl (C=O) groups excluding carboxylic acids is 2. The number of piperidine rings is 1. The zero-order valence-electron chi connectivity index (χ0n) is 15.1. The maximum Gasteiger partial charge on any atom is 0.273 e. The van der Waals surface area contributed by atoms with Crippen LogP contribution in [0.2, 0.25) is 0 Å². The maximum absolute atomic E-state index is 12.8. The fourth-order valence-corrected chi connectivity index (χ4v) is 3.17. The lowest BCUT2D eigenvalue weighted by Crippen LogP contribution is -2.41. The van der Waals surface area contributed by atoms with Gasteiger partial charge in [-0.15, -0.1) is 5.10 Å². The van der Waals surface area contributed by atoms with Gasteiger partial charge in [0.1, 0.15) is 5.75 Å². The average Bonchev–Trinajstić information content (AvgIpc) is 3.18. The normalized spacial score (nSPS) is 17.0. The summed E-state index contributed by atoms with van der Waals surface area (Å²) in [5, 5.41) is 29.2. The Balaban J connectivity index is 1.71. The third-order valence-corrected chi connectivity index (χ3v) is 4.58. The summed E-state index contributed by atoms with van der Waals surface area (Å²) in [7, 11) is 0. The molecule has 2 amide bonds. The SMILES string of the molecule is Cc1ccc(O)c(C(=O)N2CCC[C@@H](n3cc(C(=O)NCCO)nn3)C2)c1. The maximum atomic E-state index is 12.8. The molecule has 0 saturated carbocycles. The van der Waals surface area contributed by atoms with Crippen molar-refractivity contribution in [1.29, 1.82) is 0 Å². The number of carbonyl (C=O) groups is 2. The summed E-state index contributed by atoms with van der Waals surface area (Å²) < 4.78 is 1.60. The van der Waals surface area contributed by atoms with E-state index in [9.17, 15) is 14.7 Å². The second-order valence-electron chi connectivity index (χ2n) is 6.63. The Hall–Kier alpha value is -2.94. The van der Waals surface area contributed by atoms with Crippen molar-refractivity contribution in [2.45, 2.75) is 25.8 Å². The predicted molar refractivity (Wildman–Crippen MR) is 96.5 cm³/mol. The Morgan fingerprint density at radius 1 is 1.37 bits per heavy atom. The number of rotatable bonds is 5. The van der Waals surface area contributed by atoms with Crippen LogP contribution in [0.4, 0.5) is 0 Å². The first-order valence-corrected chi connectivity index (χ1v) is 8.89. The number of benzene rings is 1. The summed E-state index contributed by atoms with van der Waals surface area (Å²) in [6, 6.07) is 4.87. The third kappa shape index (κ3) is 4.25. The smallest absolute Gasteiger partial charge is 0.273 e. The van der Waals surface area contributed by atoms with Crippen LogP contribution in [-0.4, -0.2) is 68.2 Å². The Kier molecular flexibility index (Phi) is 5.70. The summed E-state index contributed by atoms with van der Waals surface area (Å²) in [4.78, 5) is 26.4. The molecule has 1 saturated heterocycles. The van der Waals surface area contributed by atoms with Crippen molar-refractivity contribution in [2.24, 2.45) is 0 Å². The highest BCUT2D eigenvalue weighted by atomic mass is 16.3. The second-order valence-corrected chi connectivity index (χ2v) is 6.63. The third-order valence-electron chi connectivity index (χ3n) is 4.58. The van der Waals surface area contributed by atoms with Gasteiger partial charge in [-0.2, -0.15) is 0 Å². The van der Waals surface area contributed by atoms with Crippen molar-refractivity contribution < 1.29 is 19.8 Å². The summed E-state index contributed by atoms with van der Waals surface area (Å²) in [5.41, 5.74) is 1.36. The number of aliphatic hydroxyl groups excluding tert-OH is 1. The molecular formula is C18H23N5O4. The Labute approximate surface area is 156 Å². The Morgan fingerprint density at radius 3 is 2.96 bits per heavy atom. The van der Waals surface area contributed by atoms with Crippen molar-refractivity contribution in [3.8, 4) is 5.75 Å². The first-order chi connectivity index (χ1) is 13.0. The van der Waals surface area contributed by atoms with Crippen molar-refractivity contribution in [3.63, 3.8) is 0 Å². The van der Waals surface area contributed by atoms with Gasteiger partial charge in [0.15, 0.2) is 5.69 Å². The van der Waals surface area contributed by atoms with Gasteiger partial charge in [-0.3, -0.25) is 9.59 Å². The molecule has 9 heteroatoms. The van der Waals surface area contributed by atoms with Crippen molar-refractivity contribution in [2.75, 3.05) is 26.2 Å². The molecule has 1 atom stereocenters. The van der Waals surface area contributed by atoms with E-state index in [1.54, 1.807) is 27.9 Å². The van der Waals surface area contributed by atoms with E-state index in [0.29, 0.717) is 18.7 Å². The summed E-state index contributed by atoms with van der Waals surface area (Å²) >= 11 is 0. The van der Waals surface area contributed by atoms with E-state index in [4.69, 9.17) is 5.11 Å². The highest BCUT2D eigenvalue weighted by Crippen LogP contribution is 2.25. The molecule has 144 valence electrons. The van der Waals surface area contributed by atoms with Crippen molar-refractivity contribution in [1.82, 2.24) is 25.2 Å². The standard InChI is InChI=1S/C18H23N5O4/c1-12-4-5-16(25)14(9-12)18(27)22-7-2-3-13(10-22)23-11-15(20-21-23)17(26)19-6-8-24/h4-5,9,11,13,24-25H,2-3,6-8,10H2,1H3,(H,19,26)/t13-/m1/s1. The number of amides is 2. The lowest BCUT2D eigenvalue weighted by Gasteiger charge is -2.32. The number of hydrogen-bond acceptors (Lipinski definition) is 6. The molecule has 1 aliphatic heterocycles. The van der Waals surface area contributed by atoms with Crippen LogP contribution in [-0.2, 0) is 0 Å². The predicted octanol–water partition coefficient (Wildman–Crippen LogP) is 0.492. The van der Waals surface area contributed by atoms with E-state index < -0.39 is 5.91 Å². The van der Waals surface area contributed by atoms with Crippen LogP contribution >= 0.6 is 0 Å². The molecule has 0 aliphatic carbocycles. The molecule has 0 spiro atoms. The Morgan fingerprint density at radius 2 is 2.19 bits per heavy atom. The van der Waals surface area contributed by atoms with Gasteiger partial charge in [0, 0.05) is 19.6 Å². The number of hydrogen-bond donors (Lipinski definition) is 3. The highest BCUT2D eigenvalue weighted by Gasteiger charge is 2.28. The summed E-state index contributed by atoms with van der Waals surface area (Å²) in [6.45, 7) is 2.89. The molecule has 1 aliphatic rings. The quantitative estimate of drug-likeness (QED) is 0.702. The number of aromatic nitrogens is 3. The molecule has 0 radical (unpaired) electrons. The number of nitrogens with one attached hydrogen (secondary N) is 1. The Bertz CT molecular complexity index is 835. The summed E-state index contributed by atoms with van der Waals surface area (Å²) in [6.07, 6.45) is 3.15. The number of likely N-dealkylation sites (tertiary alicyclic amines) is 1. The van der Waals surface area contributed by atoms with Crippen LogP contribution in [0, 0.1) is 6.92 Å². The van der Waals surface area contributed by atoms with Crippen LogP contribution in [0.25, 0.3) is 0 Å². The van der Waals surface area contributed by atoms with Crippen LogP contribution in [0.3, 0.4) is 0 Å². The molecule has 0 unspecified atom stereocenters. The van der Waals surface area contributed by atoms with Gasteiger partial charge in [-0.05, 0) is 31.9 Å². The minimum atomic E-state index is -0.399. The molecule has 1 aromatic carbocycles. The van der Waals surface area contributed by atoms with Crippen LogP contribution in [0.5, 0.6) is 5.75 Å². The van der Waals surface area contributed by atoms with Gasteiger partial charge in [-0.1, -0.05) is 16.8 Å². The second kappa shape index (κ2) is 8.17. The minimum absolute atomic E-state index is 0.0312. The molecule has 1 fully saturated rings. The van der Waals surface area contributed by atoms with E-state index >= 15 is 0 Å². The number of nitrogens with zero attached hydrogens (tertiary/aromatic N) is 4. The minimum Gasteiger partial charge on any atom is -0.507 e. The summed E-state index contributed by atoms with van der Waals surface area (Å²) in [5.74, 6) is -0.651. The van der Waals surface area contributed by atoms with Gasteiger partial charge in [0.2, 0.25) is 0 Å². The van der Waals surface area contributed by atoms with E-state index in [2.05, 4.69) is 15.6 Å². The first-order valence-electron chi connectivity index (χ1n) is 8.89. The molecule has 3 rings (SSSR count). The lowest BCUT2D eigenvalue weighted by molar-refractivity contribution is 0.0668. The fraction of sp³-hybridized carbons (Fsp3) is 0.444. The van der Waals surface area contributed by atoms with Gasteiger partial charge in [0.05, 0.1) is 24.4 Å². The lowest BCUT2D eigenvalue weighted by atomic mass is 10.0. The molecule has 2 heterocycles. The number of phenolic OH excluding ortho intramolecular Hbond substituents is 1. The van der Waals surface area contributed by atoms with Crippen molar-refractivity contribution in [3.05, 3.63) is 41.2 Å². The fourth-order valence-electron chi connectivity index (χ4n) is 3.17. The number of aliphatic hydroxyl groups is 1. The monoisotopic (exact) mass is 373 g/mol. The van der Waals surface area contributed by atoms with Crippen LogP contribution in [0.15, 0.2) is 24.4 Å². The van der Waals surface area contributed by atoms with Crippen LogP contribution in [0.1, 0.15) is 45.3 Å². The van der Waals surface area contributed by atoms with Gasteiger partial charge in [-0.25, -0.2) is 4.68 Å². The van der Waals surface area contributed by atoms with Crippen molar-refractivity contribution >= 4 is 11.8 Å². The largest absolute Gasteiger partial charge is 0.507 e. The zero-order chi connectivity index (χ0) is 19.4. The molecule has 2 aromatic rings. The molecule has 3 N–H and O–H groups in total. The highest BCUT2D eigenvalue weighted by molar-refractivity contribution is 5.97. The topological polar surface area (TPSA) is 121 Å². The van der Waals surface area contributed by atoms with E-state index in [1.165, 1.54) is 6.07 Å². The van der Waals surface area contributed by atoms with Gasteiger partial charge < -0.3 is 20.4 Å². The van der Waals surface area contributed by atoms with Gasteiger partial charge >= 0.3 is 0 Å².